The number of nitrogens with one attached hydrogen (secondary N) is 1. The Kier molecular flexibility index (Phi) is 8.32. The molecular weight excluding hydrogens is 388 g/mol. The number of methoxy groups -OCH3 is 1. The van der Waals surface area contributed by atoms with Crippen LogP contribution < -0.4 is 4.72 Å². The van der Waals surface area contributed by atoms with Crippen LogP contribution in [0, 0.1) is 17.6 Å². The second-order valence-electron chi connectivity index (χ2n) is 6.62. The molecule has 5 nitrogen and oxygen atoms in total. The summed E-state index contributed by atoms with van der Waals surface area (Å²) in [5.74, 6) is -2.12. The van der Waals surface area contributed by atoms with E-state index in [2.05, 4.69) is 15.5 Å². The minimum absolute atomic E-state index is 0.0398. The van der Waals surface area contributed by atoms with Gasteiger partial charge in [0.05, 0.1) is 7.11 Å². The van der Waals surface area contributed by atoms with E-state index in [0.717, 1.165) is 37.0 Å². The van der Waals surface area contributed by atoms with Gasteiger partial charge in [-0.05, 0) is 50.2 Å². The van der Waals surface area contributed by atoms with E-state index in [1.807, 2.05) is 12.2 Å². The third-order valence-corrected chi connectivity index (χ3v) is 6.11. The highest BCUT2D eigenvalue weighted by molar-refractivity contribution is 7.89. The molecule has 0 bridgehead atoms. The van der Waals surface area contributed by atoms with Gasteiger partial charge in [0.2, 0.25) is 10.0 Å². The maximum Gasteiger partial charge on any atom is 0.305 e. The van der Waals surface area contributed by atoms with Crippen molar-refractivity contribution in [1.29, 1.82) is 0 Å². The summed E-state index contributed by atoms with van der Waals surface area (Å²) in [5, 5.41) is 0. The molecule has 1 N–H and O–H groups in total. The molecule has 0 aliphatic heterocycles. The number of sulfonamides is 1. The predicted molar refractivity (Wildman–Crippen MR) is 102 cm³/mol. The second-order valence-corrected chi connectivity index (χ2v) is 8.36. The van der Waals surface area contributed by atoms with E-state index < -0.39 is 26.6 Å². The molecule has 1 aromatic rings. The van der Waals surface area contributed by atoms with Crippen molar-refractivity contribution in [3.05, 3.63) is 53.6 Å². The first-order valence-corrected chi connectivity index (χ1v) is 10.7. The summed E-state index contributed by atoms with van der Waals surface area (Å²) in [4.78, 5) is 10.5. The van der Waals surface area contributed by atoms with Gasteiger partial charge in [-0.25, -0.2) is 21.9 Å². The summed E-state index contributed by atoms with van der Waals surface area (Å²) in [5.41, 5.74) is 1.13. The average molecular weight is 413 g/mol. The maximum absolute atomic E-state index is 13.8. The van der Waals surface area contributed by atoms with E-state index in [1.165, 1.54) is 7.11 Å². The molecule has 0 aromatic heterocycles. The lowest BCUT2D eigenvalue weighted by Crippen LogP contribution is -2.30. The third kappa shape index (κ3) is 6.53. The minimum atomic E-state index is -4.04. The Morgan fingerprint density at radius 2 is 2.11 bits per heavy atom. The number of allylic oxidation sites excluding steroid dienone is 3. The fourth-order valence-electron chi connectivity index (χ4n) is 3.09. The van der Waals surface area contributed by atoms with Gasteiger partial charge in [0.25, 0.3) is 0 Å². The van der Waals surface area contributed by atoms with Crippen LogP contribution in [0.2, 0.25) is 0 Å². The van der Waals surface area contributed by atoms with Gasteiger partial charge in [-0.2, -0.15) is 0 Å². The van der Waals surface area contributed by atoms with Gasteiger partial charge >= 0.3 is 5.97 Å². The van der Waals surface area contributed by atoms with Gasteiger partial charge in [0.15, 0.2) is 0 Å². The summed E-state index contributed by atoms with van der Waals surface area (Å²) in [6, 6.07) is 2.40. The van der Waals surface area contributed by atoms with Crippen molar-refractivity contribution in [3.63, 3.8) is 0 Å². The first-order valence-electron chi connectivity index (χ1n) is 9.19. The van der Waals surface area contributed by atoms with Gasteiger partial charge in [-0.3, -0.25) is 4.79 Å². The molecule has 1 atom stereocenters. The first kappa shape index (κ1) is 22.2. The van der Waals surface area contributed by atoms with Crippen LogP contribution in [0.3, 0.4) is 0 Å². The van der Waals surface area contributed by atoms with Crippen LogP contribution in [0.15, 0.2) is 46.9 Å². The van der Waals surface area contributed by atoms with Crippen molar-refractivity contribution in [2.24, 2.45) is 5.92 Å². The SMILES string of the molecule is COC(=O)CCC/C=C\CC1=CCC[C@@H]1CNS(=O)(=O)c1ccc(F)cc1F. The molecule has 0 unspecified atom stereocenters. The van der Waals surface area contributed by atoms with Crippen LogP contribution >= 0.6 is 0 Å². The highest BCUT2D eigenvalue weighted by Gasteiger charge is 2.24. The van der Waals surface area contributed by atoms with E-state index in [1.54, 1.807) is 0 Å². The van der Waals surface area contributed by atoms with Crippen LogP contribution in [-0.2, 0) is 19.6 Å². The highest BCUT2D eigenvalue weighted by atomic mass is 32.2. The topological polar surface area (TPSA) is 72.5 Å². The standard InChI is InChI=1S/C20H25F2NO4S/c1-27-20(24)10-5-3-2-4-7-15-8-6-9-16(15)14-23-28(25,26)19-12-11-17(21)13-18(19)22/h2,4,8,11-13,16,23H,3,5-7,9-10,14H2,1H3/b4-2-/t16-/m1/s1. The normalized spacial score (nSPS) is 17.1. The number of halogens is 2. The Hall–Kier alpha value is -2.06. The van der Waals surface area contributed by atoms with E-state index in [-0.39, 0.29) is 18.4 Å². The summed E-state index contributed by atoms with van der Waals surface area (Å²) < 4.78 is 58.3. The zero-order valence-corrected chi connectivity index (χ0v) is 16.6. The van der Waals surface area contributed by atoms with Crippen LogP contribution in [0.1, 0.15) is 38.5 Å². The van der Waals surface area contributed by atoms with Gasteiger partial charge in [0.1, 0.15) is 16.5 Å². The van der Waals surface area contributed by atoms with E-state index in [9.17, 15) is 22.0 Å². The molecule has 0 fully saturated rings. The zero-order valence-electron chi connectivity index (χ0n) is 15.8. The van der Waals surface area contributed by atoms with Gasteiger partial charge in [-0.1, -0.05) is 23.8 Å². The second kappa shape index (κ2) is 10.5. The number of carbonyl (C=O) groups is 1. The highest BCUT2D eigenvalue weighted by Crippen LogP contribution is 2.28. The first-order chi connectivity index (χ1) is 13.3. The number of unbranched alkanes of at least 4 members (excludes halogenated alkanes) is 1. The number of rotatable bonds is 10. The van der Waals surface area contributed by atoms with E-state index in [0.29, 0.717) is 25.3 Å². The molecule has 8 heteroatoms. The fourth-order valence-corrected chi connectivity index (χ4v) is 4.23. The summed E-state index contributed by atoms with van der Waals surface area (Å²) in [6.45, 7) is 0.168. The number of hydrogen-bond donors (Lipinski definition) is 1. The Morgan fingerprint density at radius 3 is 2.82 bits per heavy atom. The average Bonchev–Trinajstić information content (AvgIpc) is 3.09. The number of hydrogen-bond acceptors (Lipinski definition) is 4. The lowest BCUT2D eigenvalue weighted by atomic mass is 9.99. The Balaban J connectivity index is 1.83. The van der Waals surface area contributed by atoms with Gasteiger partial charge in [0, 0.05) is 19.0 Å². The fraction of sp³-hybridized carbons (Fsp3) is 0.450. The number of ether oxygens (including phenoxy) is 1. The Morgan fingerprint density at radius 1 is 1.32 bits per heavy atom. The summed E-state index contributed by atoms with van der Waals surface area (Å²) in [6.07, 6.45) is 10.4. The molecule has 0 saturated heterocycles. The number of esters is 1. The molecule has 2 rings (SSSR count). The van der Waals surface area contributed by atoms with Crippen molar-refractivity contribution in [1.82, 2.24) is 4.72 Å². The maximum atomic E-state index is 13.8. The van der Waals surface area contributed by atoms with Crippen molar-refractivity contribution in [2.75, 3.05) is 13.7 Å². The molecule has 1 aliphatic carbocycles. The third-order valence-electron chi connectivity index (χ3n) is 4.65. The molecule has 0 saturated carbocycles. The molecule has 0 spiro atoms. The summed E-state index contributed by atoms with van der Waals surface area (Å²) in [7, 11) is -2.68. The molecule has 1 aromatic carbocycles. The molecular formula is C20H25F2NO4S. The lowest BCUT2D eigenvalue weighted by molar-refractivity contribution is -0.140. The number of benzene rings is 1. The molecule has 1 aliphatic rings. The van der Waals surface area contributed by atoms with Gasteiger partial charge < -0.3 is 4.74 Å². The van der Waals surface area contributed by atoms with Crippen LogP contribution in [0.4, 0.5) is 8.78 Å². The van der Waals surface area contributed by atoms with Crippen molar-refractivity contribution >= 4 is 16.0 Å². The van der Waals surface area contributed by atoms with Crippen LogP contribution in [0.25, 0.3) is 0 Å². The van der Waals surface area contributed by atoms with Gasteiger partial charge in [-0.15, -0.1) is 0 Å². The Labute approximate surface area is 164 Å². The Bertz CT molecular complexity index is 850. The summed E-state index contributed by atoms with van der Waals surface area (Å²) >= 11 is 0. The molecule has 0 heterocycles. The largest absolute Gasteiger partial charge is 0.469 e. The molecule has 154 valence electrons. The van der Waals surface area contributed by atoms with Crippen LogP contribution in [0.5, 0.6) is 0 Å². The van der Waals surface area contributed by atoms with Crippen molar-refractivity contribution < 1.29 is 26.7 Å². The molecule has 0 radical (unpaired) electrons. The minimum Gasteiger partial charge on any atom is -0.469 e. The van der Waals surface area contributed by atoms with E-state index in [4.69, 9.17) is 0 Å². The smallest absolute Gasteiger partial charge is 0.305 e. The van der Waals surface area contributed by atoms with Crippen molar-refractivity contribution in [3.8, 4) is 0 Å². The lowest BCUT2D eigenvalue weighted by Gasteiger charge is -2.15. The molecule has 0 amide bonds. The predicted octanol–water partition coefficient (Wildman–Crippen LogP) is 3.87. The van der Waals surface area contributed by atoms with E-state index >= 15 is 0 Å². The zero-order chi connectivity index (χ0) is 20.6. The quantitative estimate of drug-likeness (QED) is 0.359. The molecule has 28 heavy (non-hydrogen) atoms. The number of carbonyl (C=O) groups excluding carboxylic acids is 1. The van der Waals surface area contributed by atoms with Crippen LogP contribution in [-0.4, -0.2) is 28.0 Å². The van der Waals surface area contributed by atoms with Crippen molar-refractivity contribution in [2.45, 2.75) is 43.4 Å². The monoisotopic (exact) mass is 413 g/mol.